The normalized spacial score (nSPS) is 11.2. The molecule has 7 heteroatoms. The van der Waals surface area contributed by atoms with Gasteiger partial charge in [-0.25, -0.2) is 8.42 Å². The molecule has 0 heterocycles. The van der Waals surface area contributed by atoms with E-state index in [2.05, 4.69) is 0 Å². The smallest absolute Gasteiger partial charge is 0.263 e. The van der Waals surface area contributed by atoms with E-state index < -0.39 is 20.6 Å². The van der Waals surface area contributed by atoms with Crippen molar-refractivity contribution in [2.75, 3.05) is 5.88 Å². The molecule has 0 fully saturated rings. The zero-order valence-electron chi connectivity index (χ0n) is 6.88. The SMILES string of the molecule is O=[N+]([O-])CS(=O)(=O)c1ccccc1Cl. The summed E-state index contributed by atoms with van der Waals surface area (Å²) >= 11 is 5.59. The van der Waals surface area contributed by atoms with Crippen molar-refractivity contribution in [3.63, 3.8) is 0 Å². The summed E-state index contributed by atoms with van der Waals surface area (Å²) in [6.07, 6.45) is 0. The Balaban J connectivity index is 3.17. The molecular formula is C7H6ClNO4S. The Labute approximate surface area is 85.4 Å². The van der Waals surface area contributed by atoms with E-state index in [0.29, 0.717) is 0 Å². The van der Waals surface area contributed by atoms with Gasteiger partial charge in [0.15, 0.2) is 0 Å². The second kappa shape index (κ2) is 3.93. The average Bonchev–Trinajstić information content (AvgIpc) is 2.02. The van der Waals surface area contributed by atoms with Crippen molar-refractivity contribution in [2.24, 2.45) is 0 Å². The van der Waals surface area contributed by atoms with Crippen molar-refractivity contribution in [1.82, 2.24) is 0 Å². The fourth-order valence-corrected chi connectivity index (χ4v) is 2.46. The van der Waals surface area contributed by atoms with Gasteiger partial charge in [0.25, 0.3) is 0 Å². The Morgan fingerprint density at radius 3 is 2.43 bits per heavy atom. The number of halogens is 1. The molecule has 1 aromatic carbocycles. The minimum atomic E-state index is -3.92. The second-order valence-corrected chi connectivity index (χ2v) is 4.84. The first kappa shape index (κ1) is 10.9. The molecule has 0 radical (unpaired) electrons. The Hall–Kier alpha value is -1.14. The molecular weight excluding hydrogens is 230 g/mol. The molecule has 0 atom stereocenters. The highest BCUT2D eigenvalue weighted by Gasteiger charge is 2.23. The molecule has 1 aromatic rings. The lowest BCUT2D eigenvalue weighted by atomic mass is 10.4. The van der Waals surface area contributed by atoms with Gasteiger partial charge >= 0.3 is 5.88 Å². The van der Waals surface area contributed by atoms with Gasteiger partial charge in [0.05, 0.1) is 9.92 Å². The van der Waals surface area contributed by atoms with Gasteiger partial charge in [-0.3, -0.25) is 10.1 Å². The largest absolute Gasteiger partial charge is 0.305 e. The van der Waals surface area contributed by atoms with E-state index in [1.54, 1.807) is 6.07 Å². The minimum absolute atomic E-state index is 0.00523. The molecule has 0 saturated carbocycles. The van der Waals surface area contributed by atoms with Crippen molar-refractivity contribution < 1.29 is 13.3 Å². The maximum Gasteiger partial charge on any atom is 0.305 e. The molecule has 0 aliphatic heterocycles. The molecule has 76 valence electrons. The molecule has 0 bridgehead atoms. The number of hydrogen-bond donors (Lipinski definition) is 0. The van der Waals surface area contributed by atoms with Crippen LogP contribution in [0, 0.1) is 10.1 Å². The van der Waals surface area contributed by atoms with Gasteiger partial charge < -0.3 is 0 Å². The van der Waals surface area contributed by atoms with Gasteiger partial charge in [0, 0.05) is 4.92 Å². The molecule has 0 N–H and O–H groups in total. The maximum atomic E-state index is 11.3. The van der Waals surface area contributed by atoms with E-state index in [9.17, 15) is 18.5 Å². The topological polar surface area (TPSA) is 77.3 Å². The van der Waals surface area contributed by atoms with Gasteiger partial charge in [-0.05, 0) is 12.1 Å². The summed E-state index contributed by atoms with van der Waals surface area (Å²) in [5.74, 6) is -1.14. The molecule has 0 unspecified atom stereocenters. The van der Waals surface area contributed by atoms with Crippen LogP contribution in [0.25, 0.3) is 0 Å². The van der Waals surface area contributed by atoms with Crippen LogP contribution >= 0.6 is 11.6 Å². The number of rotatable bonds is 3. The van der Waals surface area contributed by atoms with E-state index >= 15 is 0 Å². The van der Waals surface area contributed by atoms with E-state index in [0.717, 1.165) is 0 Å². The molecule has 1 rings (SSSR count). The lowest BCUT2D eigenvalue weighted by molar-refractivity contribution is -0.458. The van der Waals surface area contributed by atoms with Crippen LogP contribution in [0.5, 0.6) is 0 Å². The third-order valence-corrected chi connectivity index (χ3v) is 3.47. The lowest BCUT2D eigenvalue weighted by Crippen LogP contribution is -2.14. The van der Waals surface area contributed by atoms with Crippen LogP contribution in [0.4, 0.5) is 0 Å². The predicted octanol–water partition coefficient (Wildman–Crippen LogP) is 1.35. The van der Waals surface area contributed by atoms with Crippen LogP contribution in [-0.2, 0) is 9.84 Å². The maximum absolute atomic E-state index is 11.3. The van der Waals surface area contributed by atoms with Gasteiger partial charge in [-0.15, -0.1) is 0 Å². The third kappa shape index (κ3) is 2.43. The fraction of sp³-hybridized carbons (Fsp3) is 0.143. The molecule has 0 amide bonds. The minimum Gasteiger partial charge on any atom is -0.263 e. The van der Waals surface area contributed by atoms with E-state index in [1.807, 2.05) is 0 Å². The Kier molecular flexibility index (Phi) is 3.07. The van der Waals surface area contributed by atoms with Gasteiger partial charge in [0.1, 0.15) is 0 Å². The van der Waals surface area contributed by atoms with Gasteiger partial charge in [-0.1, -0.05) is 23.7 Å². The summed E-state index contributed by atoms with van der Waals surface area (Å²) in [4.78, 5) is 8.97. The number of benzene rings is 1. The van der Waals surface area contributed by atoms with Crippen molar-refractivity contribution in [3.8, 4) is 0 Å². The summed E-state index contributed by atoms with van der Waals surface area (Å²) in [5.41, 5.74) is 0. The molecule has 5 nitrogen and oxygen atoms in total. The summed E-state index contributed by atoms with van der Waals surface area (Å²) in [7, 11) is -3.92. The highest BCUT2D eigenvalue weighted by atomic mass is 35.5. The average molecular weight is 236 g/mol. The van der Waals surface area contributed by atoms with Crippen molar-refractivity contribution in [2.45, 2.75) is 4.90 Å². The Bertz CT molecular complexity index is 457. The number of sulfone groups is 1. The zero-order valence-corrected chi connectivity index (χ0v) is 8.46. The first-order valence-corrected chi connectivity index (χ1v) is 5.55. The second-order valence-electron chi connectivity index (χ2n) is 2.51. The predicted molar refractivity (Wildman–Crippen MR) is 50.5 cm³/mol. The summed E-state index contributed by atoms with van der Waals surface area (Å²) in [6.45, 7) is 0. The molecule has 0 aromatic heterocycles. The molecule has 0 saturated heterocycles. The zero-order chi connectivity index (χ0) is 10.8. The molecule has 14 heavy (non-hydrogen) atoms. The highest BCUT2D eigenvalue weighted by molar-refractivity contribution is 7.91. The van der Waals surface area contributed by atoms with E-state index in [1.165, 1.54) is 18.2 Å². The van der Waals surface area contributed by atoms with Gasteiger partial charge in [-0.2, -0.15) is 0 Å². The van der Waals surface area contributed by atoms with Crippen LogP contribution in [0.3, 0.4) is 0 Å². The highest BCUT2D eigenvalue weighted by Crippen LogP contribution is 2.21. The van der Waals surface area contributed by atoms with Crippen LogP contribution < -0.4 is 0 Å². The number of nitrogens with zero attached hydrogens (tertiary/aromatic N) is 1. The number of hydrogen-bond acceptors (Lipinski definition) is 4. The standard InChI is InChI=1S/C7H6ClNO4S/c8-6-3-1-2-4-7(6)14(12,13)5-9(10)11/h1-4H,5H2. The molecule has 0 aliphatic rings. The van der Waals surface area contributed by atoms with E-state index in [-0.39, 0.29) is 9.92 Å². The molecule has 0 spiro atoms. The van der Waals surface area contributed by atoms with Crippen LogP contribution in [0.2, 0.25) is 5.02 Å². The molecule has 0 aliphatic carbocycles. The Morgan fingerprint density at radius 1 is 1.36 bits per heavy atom. The van der Waals surface area contributed by atoms with Crippen molar-refractivity contribution >= 4 is 21.4 Å². The first-order valence-electron chi connectivity index (χ1n) is 3.52. The van der Waals surface area contributed by atoms with Crippen LogP contribution in [-0.4, -0.2) is 19.2 Å². The fourth-order valence-electron chi connectivity index (χ4n) is 0.905. The summed E-state index contributed by atoms with van der Waals surface area (Å²) < 4.78 is 22.7. The van der Waals surface area contributed by atoms with Crippen LogP contribution in [0.15, 0.2) is 29.2 Å². The van der Waals surface area contributed by atoms with Crippen LogP contribution in [0.1, 0.15) is 0 Å². The lowest BCUT2D eigenvalue weighted by Gasteiger charge is -2.01. The monoisotopic (exact) mass is 235 g/mol. The third-order valence-electron chi connectivity index (χ3n) is 1.45. The van der Waals surface area contributed by atoms with E-state index in [4.69, 9.17) is 11.6 Å². The van der Waals surface area contributed by atoms with Crippen molar-refractivity contribution in [1.29, 1.82) is 0 Å². The summed E-state index contributed by atoms with van der Waals surface area (Å²) in [5, 5.41) is 10.1. The summed E-state index contributed by atoms with van der Waals surface area (Å²) in [6, 6.07) is 5.61. The van der Waals surface area contributed by atoms with Crippen molar-refractivity contribution in [3.05, 3.63) is 39.4 Å². The van der Waals surface area contributed by atoms with Gasteiger partial charge in [0.2, 0.25) is 9.84 Å². The number of nitro groups is 1. The quantitative estimate of drug-likeness (QED) is 0.585. The first-order chi connectivity index (χ1) is 6.43. The Morgan fingerprint density at radius 2 is 1.93 bits per heavy atom.